The predicted octanol–water partition coefficient (Wildman–Crippen LogP) is 2.07. The maximum Gasteiger partial charge on any atom is 0.309 e. The summed E-state index contributed by atoms with van der Waals surface area (Å²) in [6.45, 7) is 2.60. The molecule has 0 heterocycles. The number of carbonyl (C=O) groups is 2. The molecule has 0 radical (unpaired) electrons. The van der Waals surface area contributed by atoms with Crippen molar-refractivity contribution in [2.24, 2.45) is 0 Å². The molecule has 2 aromatic rings. The Kier molecular flexibility index (Phi) is 5.72. The monoisotopic (exact) mass is 296 g/mol. The van der Waals surface area contributed by atoms with E-state index >= 15 is 0 Å². The van der Waals surface area contributed by atoms with Crippen LogP contribution in [0.5, 0.6) is 0 Å². The Morgan fingerprint density at radius 2 is 1.27 bits per heavy atom. The van der Waals surface area contributed by atoms with Crippen LogP contribution < -0.4 is 10.6 Å². The van der Waals surface area contributed by atoms with Crippen LogP contribution in [-0.2, 0) is 9.59 Å². The lowest BCUT2D eigenvalue weighted by molar-refractivity contribution is -0.139. The van der Waals surface area contributed by atoms with E-state index in [0.717, 1.165) is 11.1 Å². The minimum absolute atomic E-state index is 0.0146. The van der Waals surface area contributed by atoms with E-state index in [1.165, 1.54) is 0 Å². The molecule has 0 atom stereocenters. The Morgan fingerprint density at radius 1 is 0.818 bits per heavy atom. The highest BCUT2D eigenvalue weighted by Crippen LogP contribution is 2.23. The van der Waals surface area contributed by atoms with Crippen LogP contribution >= 0.6 is 0 Å². The summed E-state index contributed by atoms with van der Waals surface area (Å²) >= 11 is 0. The molecule has 4 nitrogen and oxygen atoms in total. The molecule has 2 amide bonds. The average Bonchev–Trinajstić information content (AvgIpc) is 2.57. The maximum absolute atomic E-state index is 11.8. The van der Waals surface area contributed by atoms with Crippen LogP contribution in [0.3, 0.4) is 0 Å². The molecule has 4 heteroatoms. The first-order chi connectivity index (χ1) is 10.7. The highest BCUT2D eigenvalue weighted by atomic mass is 16.2. The van der Waals surface area contributed by atoms with E-state index in [4.69, 9.17) is 0 Å². The third kappa shape index (κ3) is 4.19. The first kappa shape index (κ1) is 15.8. The summed E-state index contributed by atoms with van der Waals surface area (Å²) in [6, 6.07) is 19.9. The molecule has 0 saturated heterocycles. The van der Waals surface area contributed by atoms with Crippen molar-refractivity contribution in [1.29, 1.82) is 0 Å². The Balaban J connectivity index is 2.13. The average molecular weight is 296 g/mol. The maximum atomic E-state index is 11.8. The topological polar surface area (TPSA) is 58.2 Å². The minimum Gasteiger partial charge on any atom is -0.348 e. The molecule has 0 spiro atoms. The predicted molar refractivity (Wildman–Crippen MR) is 86.4 cm³/mol. The van der Waals surface area contributed by atoms with Gasteiger partial charge in [-0.05, 0) is 18.1 Å². The molecule has 0 bridgehead atoms. The Labute approximate surface area is 130 Å². The molecule has 0 aliphatic carbocycles. The number of hydrogen-bond acceptors (Lipinski definition) is 2. The standard InChI is InChI=1S/C18H20N2O2/c1-2-19-17(21)18(22)20-13-16(14-9-5-3-6-10-14)15-11-7-4-8-12-15/h3-12,16H,2,13H2,1H3,(H,19,21)(H,20,22). The second-order valence-electron chi connectivity index (χ2n) is 4.94. The van der Waals surface area contributed by atoms with E-state index in [-0.39, 0.29) is 5.92 Å². The van der Waals surface area contributed by atoms with Crippen LogP contribution in [0.1, 0.15) is 24.0 Å². The number of likely N-dealkylation sites (N-methyl/N-ethyl adjacent to an activating group) is 1. The smallest absolute Gasteiger partial charge is 0.309 e. The van der Waals surface area contributed by atoms with E-state index in [1.807, 2.05) is 60.7 Å². The summed E-state index contributed by atoms with van der Waals surface area (Å²) in [4.78, 5) is 23.3. The van der Waals surface area contributed by atoms with Crippen LogP contribution in [0.15, 0.2) is 60.7 Å². The number of hydrogen-bond donors (Lipinski definition) is 2. The molecule has 22 heavy (non-hydrogen) atoms. The van der Waals surface area contributed by atoms with Crippen molar-refractivity contribution in [2.45, 2.75) is 12.8 Å². The molecule has 2 rings (SSSR count). The zero-order chi connectivity index (χ0) is 15.8. The summed E-state index contributed by atoms with van der Waals surface area (Å²) in [6.07, 6.45) is 0. The summed E-state index contributed by atoms with van der Waals surface area (Å²) in [5.74, 6) is -1.18. The lowest BCUT2D eigenvalue weighted by Crippen LogP contribution is -2.41. The fourth-order valence-electron chi connectivity index (χ4n) is 2.31. The highest BCUT2D eigenvalue weighted by molar-refractivity contribution is 6.35. The van der Waals surface area contributed by atoms with Crippen molar-refractivity contribution in [2.75, 3.05) is 13.1 Å². The van der Waals surface area contributed by atoms with Crippen molar-refractivity contribution in [3.63, 3.8) is 0 Å². The van der Waals surface area contributed by atoms with E-state index in [1.54, 1.807) is 6.92 Å². The van der Waals surface area contributed by atoms with Gasteiger partial charge in [0.15, 0.2) is 0 Å². The largest absolute Gasteiger partial charge is 0.348 e. The van der Waals surface area contributed by atoms with Gasteiger partial charge in [-0.3, -0.25) is 9.59 Å². The van der Waals surface area contributed by atoms with E-state index < -0.39 is 11.8 Å². The summed E-state index contributed by atoms with van der Waals surface area (Å²) in [5.41, 5.74) is 2.20. The van der Waals surface area contributed by atoms with Gasteiger partial charge < -0.3 is 10.6 Å². The molecule has 0 aliphatic rings. The zero-order valence-electron chi connectivity index (χ0n) is 12.6. The molecular weight excluding hydrogens is 276 g/mol. The zero-order valence-corrected chi connectivity index (χ0v) is 12.6. The molecule has 0 fully saturated rings. The van der Waals surface area contributed by atoms with Crippen LogP contribution in [0.4, 0.5) is 0 Å². The molecule has 0 saturated carbocycles. The van der Waals surface area contributed by atoms with Gasteiger partial charge in [0, 0.05) is 19.0 Å². The SMILES string of the molecule is CCNC(=O)C(=O)NCC(c1ccccc1)c1ccccc1. The number of rotatable bonds is 5. The second kappa shape index (κ2) is 7.98. The van der Waals surface area contributed by atoms with Gasteiger partial charge in [-0.25, -0.2) is 0 Å². The van der Waals surface area contributed by atoms with Gasteiger partial charge in [0.25, 0.3) is 0 Å². The first-order valence-corrected chi connectivity index (χ1v) is 7.38. The van der Waals surface area contributed by atoms with Crippen LogP contribution in [0, 0.1) is 0 Å². The van der Waals surface area contributed by atoms with Crippen LogP contribution in [0.25, 0.3) is 0 Å². The molecule has 2 aromatic carbocycles. The first-order valence-electron chi connectivity index (χ1n) is 7.38. The molecule has 0 unspecified atom stereocenters. The van der Waals surface area contributed by atoms with Crippen LogP contribution in [0.2, 0.25) is 0 Å². The summed E-state index contributed by atoms with van der Waals surface area (Å²) < 4.78 is 0. The van der Waals surface area contributed by atoms with E-state index in [9.17, 15) is 9.59 Å². The minimum atomic E-state index is -0.598. The van der Waals surface area contributed by atoms with Gasteiger partial charge in [0.2, 0.25) is 0 Å². The normalized spacial score (nSPS) is 10.3. The highest BCUT2D eigenvalue weighted by Gasteiger charge is 2.17. The number of carbonyl (C=O) groups excluding carboxylic acids is 2. The lowest BCUT2D eigenvalue weighted by Gasteiger charge is -2.18. The Bertz CT molecular complexity index is 572. The van der Waals surface area contributed by atoms with Crippen molar-refractivity contribution >= 4 is 11.8 Å². The summed E-state index contributed by atoms with van der Waals surface area (Å²) in [7, 11) is 0. The molecule has 2 N–H and O–H groups in total. The van der Waals surface area contributed by atoms with Crippen molar-refractivity contribution in [3.8, 4) is 0 Å². The summed E-state index contributed by atoms with van der Waals surface area (Å²) in [5, 5.41) is 5.21. The second-order valence-corrected chi connectivity index (χ2v) is 4.94. The van der Waals surface area contributed by atoms with E-state index in [2.05, 4.69) is 10.6 Å². The van der Waals surface area contributed by atoms with Gasteiger partial charge >= 0.3 is 11.8 Å². The van der Waals surface area contributed by atoms with Gasteiger partial charge in [0.1, 0.15) is 0 Å². The fourth-order valence-corrected chi connectivity index (χ4v) is 2.31. The van der Waals surface area contributed by atoms with Gasteiger partial charge in [0.05, 0.1) is 0 Å². The third-order valence-corrected chi connectivity index (χ3v) is 3.41. The van der Waals surface area contributed by atoms with Gasteiger partial charge in [-0.15, -0.1) is 0 Å². The molecule has 0 aromatic heterocycles. The van der Waals surface area contributed by atoms with Gasteiger partial charge in [-0.2, -0.15) is 0 Å². The van der Waals surface area contributed by atoms with Crippen molar-refractivity contribution in [1.82, 2.24) is 10.6 Å². The molecule has 114 valence electrons. The fraction of sp³-hybridized carbons (Fsp3) is 0.222. The number of amides is 2. The van der Waals surface area contributed by atoms with E-state index in [0.29, 0.717) is 13.1 Å². The van der Waals surface area contributed by atoms with Gasteiger partial charge in [-0.1, -0.05) is 60.7 Å². The third-order valence-electron chi connectivity index (χ3n) is 3.41. The lowest BCUT2D eigenvalue weighted by atomic mass is 9.91. The van der Waals surface area contributed by atoms with Crippen molar-refractivity contribution in [3.05, 3.63) is 71.8 Å². The number of nitrogens with one attached hydrogen (secondary N) is 2. The van der Waals surface area contributed by atoms with Crippen LogP contribution in [-0.4, -0.2) is 24.9 Å². The molecular formula is C18H20N2O2. The van der Waals surface area contributed by atoms with Crippen molar-refractivity contribution < 1.29 is 9.59 Å². The Hall–Kier alpha value is -2.62. The number of benzene rings is 2. The molecule has 0 aliphatic heterocycles. The quantitative estimate of drug-likeness (QED) is 0.830. The Morgan fingerprint density at radius 3 is 1.73 bits per heavy atom.